The largest absolute Gasteiger partial charge is 0.495 e. The number of alkyl carbamates (subject to hydrolysis) is 1. The van der Waals surface area contributed by atoms with Crippen LogP contribution in [0.4, 0.5) is 16.2 Å². The van der Waals surface area contributed by atoms with Gasteiger partial charge < -0.3 is 39.6 Å². The summed E-state index contributed by atoms with van der Waals surface area (Å²) in [5, 5.41) is 14.6. The Hall–Kier alpha value is -4.59. The maximum Gasteiger partial charge on any atom is 0.409 e. The zero-order chi connectivity index (χ0) is 41.9. The normalized spacial score (nSPS) is 27.8. The lowest BCUT2D eigenvalue weighted by molar-refractivity contribution is -0.168. The van der Waals surface area contributed by atoms with Gasteiger partial charge in [0.25, 0.3) is 5.91 Å². The van der Waals surface area contributed by atoms with Crippen molar-refractivity contribution >= 4 is 46.9 Å². The molecule has 0 aliphatic carbocycles. The molecular formula is C42H57ClN4O9. The van der Waals surface area contributed by atoms with E-state index < -0.39 is 65.3 Å². The average Bonchev–Trinajstić information content (AvgIpc) is 3.15. The van der Waals surface area contributed by atoms with Crippen molar-refractivity contribution in [2.75, 3.05) is 38.9 Å². The van der Waals surface area contributed by atoms with E-state index in [4.69, 9.17) is 36.3 Å². The minimum absolute atomic E-state index is 0.0172. The molecule has 1 fully saturated rings. The molecule has 56 heavy (non-hydrogen) atoms. The zero-order valence-electron chi connectivity index (χ0n) is 34.3. The van der Waals surface area contributed by atoms with Gasteiger partial charge in [0, 0.05) is 44.3 Å². The van der Waals surface area contributed by atoms with Crippen LogP contribution in [0.5, 0.6) is 5.75 Å². The van der Waals surface area contributed by atoms with Gasteiger partial charge in [-0.3, -0.25) is 14.9 Å². The number of likely N-dealkylation sites (N-methyl/N-ethyl adjacent to an activating group) is 1. The molecule has 14 heteroatoms. The highest BCUT2D eigenvalue weighted by molar-refractivity contribution is 6.35. The molecule has 306 valence electrons. The number of nitrogen functional groups attached to an aromatic ring is 1. The number of nitrogens with zero attached hydrogens (tertiary/aromatic N) is 2. The highest BCUT2D eigenvalue weighted by atomic mass is 35.5. The Labute approximate surface area is 335 Å². The van der Waals surface area contributed by atoms with Crippen LogP contribution >= 0.6 is 11.6 Å². The number of allylic oxidation sites excluding steroid dienone is 3. The summed E-state index contributed by atoms with van der Waals surface area (Å²) in [4.78, 5) is 57.6. The summed E-state index contributed by atoms with van der Waals surface area (Å²) in [5.74, 6) is -1.96. The van der Waals surface area contributed by atoms with Crippen LogP contribution in [0.3, 0.4) is 0 Å². The molecule has 3 amide bonds. The lowest BCUT2D eigenvalue weighted by Gasteiger charge is -2.47. The van der Waals surface area contributed by atoms with Gasteiger partial charge in [-0.05, 0) is 80.5 Å². The van der Waals surface area contributed by atoms with Crippen molar-refractivity contribution in [3.63, 3.8) is 0 Å². The second kappa shape index (κ2) is 17.7. The molecule has 4 rings (SSSR count). The second-order valence-electron chi connectivity index (χ2n) is 15.8. The molecule has 13 nitrogen and oxygen atoms in total. The van der Waals surface area contributed by atoms with Gasteiger partial charge in [-0.15, -0.1) is 0 Å². The van der Waals surface area contributed by atoms with Gasteiger partial charge in [-0.25, -0.2) is 9.59 Å². The van der Waals surface area contributed by atoms with Gasteiger partial charge in [0.05, 0.1) is 19.2 Å². The number of ether oxygens (including phenoxy) is 4. The molecule has 4 N–H and O–H groups in total. The van der Waals surface area contributed by atoms with E-state index in [0.717, 1.165) is 16.7 Å². The molecule has 0 radical (unpaired) electrons. The number of nitrogens with two attached hydrogens (primary N) is 1. The van der Waals surface area contributed by atoms with Gasteiger partial charge in [0.2, 0.25) is 5.91 Å². The zero-order valence-corrected chi connectivity index (χ0v) is 35.0. The first-order valence-electron chi connectivity index (χ1n) is 18.7. The summed E-state index contributed by atoms with van der Waals surface area (Å²) in [6.45, 7) is 12.8. The monoisotopic (exact) mass is 796 g/mol. The Balaban J connectivity index is 1.79. The minimum atomic E-state index is -1.81. The Morgan fingerprint density at radius 3 is 2.45 bits per heavy atom. The summed E-state index contributed by atoms with van der Waals surface area (Å²) >= 11 is 6.81. The number of nitrogens with one attached hydrogen (secondary N) is 1. The Morgan fingerprint density at radius 2 is 1.82 bits per heavy atom. The van der Waals surface area contributed by atoms with Crippen LogP contribution in [0.25, 0.3) is 0 Å². The van der Waals surface area contributed by atoms with Crippen molar-refractivity contribution in [1.29, 1.82) is 0 Å². The smallest absolute Gasteiger partial charge is 0.409 e. The number of esters is 1. The predicted octanol–water partition coefficient (Wildman–Crippen LogP) is 6.22. The first kappa shape index (κ1) is 44.1. The van der Waals surface area contributed by atoms with Crippen molar-refractivity contribution in [3.05, 3.63) is 75.8 Å². The number of amides is 3. The molecule has 2 heterocycles. The van der Waals surface area contributed by atoms with Gasteiger partial charge in [0.1, 0.15) is 35.1 Å². The van der Waals surface area contributed by atoms with Gasteiger partial charge in [-0.1, -0.05) is 63.1 Å². The molecule has 0 unspecified atom stereocenters. The van der Waals surface area contributed by atoms with E-state index in [1.165, 1.54) is 31.1 Å². The number of aliphatic hydroxyl groups is 1. The Bertz CT molecular complexity index is 1880. The number of anilines is 2. The molecule has 1 saturated heterocycles. The molecule has 0 spiro atoms. The van der Waals surface area contributed by atoms with E-state index in [-0.39, 0.29) is 23.8 Å². The third-order valence-electron chi connectivity index (χ3n) is 11.8. The number of hydrogen-bond acceptors (Lipinski definition) is 10. The molecule has 0 saturated carbocycles. The van der Waals surface area contributed by atoms with Crippen LogP contribution in [0, 0.1) is 24.2 Å². The lowest BCUT2D eigenvalue weighted by atomic mass is 9.66. The first-order valence-corrected chi connectivity index (χ1v) is 19.1. The topological polar surface area (TPSA) is 170 Å². The van der Waals surface area contributed by atoms with Crippen LogP contribution in [0.1, 0.15) is 75.9 Å². The number of carbonyl (C=O) groups is 4. The SMILES string of the molecule is COc1cc2cc(c1Cl)N(C)C(=O)C[C@H](OC(=O)[C@H](C)N(C)C(=O)c1ccc(N)c(C)c1)C(C)(C)[C@@H](C)[C@H](C)[C@@H]1C[C@@](O)(NC(=O)O1)[C@H](OC)/C=C/C=C(\C)C2. The van der Waals surface area contributed by atoms with E-state index in [1.807, 2.05) is 46.8 Å². The van der Waals surface area contributed by atoms with E-state index in [9.17, 15) is 24.3 Å². The summed E-state index contributed by atoms with van der Waals surface area (Å²) < 4.78 is 23.3. The van der Waals surface area contributed by atoms with Crippen LogP contribution in [0.15, 0.2) is 54.1 Å². The molecule has 2 aromatic carbocycles. The van der Waals surface area contributed by atoms with Gasteiger partial charge >= 0.3 is 12.1 Å². The summed E-state index contributed by atoms with van der Waals surface area (Å²) in [6.07, 6.45) is 1.90. The summed E-state index contributed by atoms with van der Waals surface area (Å²) in [7, 11) is 6.05. The Morgan fingerprint density at radius 1 is 1.14 bits per heavy atom. The fourth-order valence-electron chi connectivity index (χ4n) is 7.26. The number of methoxy groups -OCH3 is 2. The van der Waals surface area contributed by atoms with Crippen molar-refractivity contribution < 1.29 is 43.2 Å². The number of benzene rings is 2. The molecule has 7 atom stereocenters. The quantitative estimate of drug-likeness (QED) is 0.225. The molecule has 2 aliphatic heterocycles. The number of carbonyl (C=O) groups excluding carboxylic acids is 4. The maximum atomic E-state index is 14.3. The molecular weight excluding hydrogens is 740 g/mol. The molecule has 4 bridgehead atoms. The van der Waals surface area contributed by atoms with E-state index in [0.29, 0.717) is 29.1 Å². The highest BCUT2D eigenvalue weighted by Gasteiger charge is 2.50. The second-order valence-corrected chi connectivity index (χ2v) is 16.2. The number of halogens is 1. The third kappa shape index (κ3) is 9.50. The number of hydrogen-bond donors (Lipinski definition) is 3. The van der Waals surface area contributed by atoms with Crippen molar-refractivity contribution in [2.45, 2.75) is 97.8 Å². The summed E-state index contributed by atoms with van der Waals surface area (Å²) in [5.41, 5.74) is 6.96. The molecule has 2 aromatic rings. The predicted molar refractivity (Wildman–Crippen MR) is 216 cm³/mol. The van der Waals surface area contributed by atoms with Crippen LogP contribution in [-0.2, 0) is 30.2 Å². The number of fused-ring (bicyclic) bond motifs is 4. The number of rotatable bonds is 6. The van der Waals surface area contributed by atoms with Crippen LogP contribution in [-0.4, -0.2) is 92.3 Å². The third-order valence-corrected chi connectivity index (χ3v) is 12.1. The molecule has 2 aliphatic rings. The van der Waals surface area contributed by atoms with Crippen molar-refractivity contribution in [2.24, 2.45) is 17.3 Å². The standard InChI is InChI=1S/C42H57ClN4O9/c1-23-13-12-14-34(54-11)42(52)22-33(55-40(51)45-42)25(3)26(4)41(6,7)35(21-36(48)47(9)31-19-28(17-23)20-32(53-10)37(31)43)56-39(50)27(5)46(8)38(49)29-15-16-30(44)24(2)18-29/h12-16,18-20,25-27,33-35,52H,17,21-22,44H2,1-11H3,(H,45,51)/b14-12+,23-13+/t25-,26-,27-,33-,34+,35-,42-/m0/s1. The fraction of sp³-hybridized carbons (Fsp3) is 0.524. The van der Waals surface area contributed by atoms with E-state index in [1.54, 1.807) is 57.3 Å². The lowest BCUT2D eigenvalue weighted by Crippen LogP contribution is -2.63. The Kier molecular flexibility index (Phi) is 13.9. The first-order chi connectivity index (χ1) is 26.1. The van der Waals surface area contributed by atoms with Crippen molar-refractivity contribution in [3.8, 4) is 5.75 Å². The fourth-order valence-corrected chi connectivity index (χ4v) is 7.57. The molecule has 0 aromatic heterocycles. The van der Waals surface area contributed by atoms with Gasteiger partial charge in [0.15, 0.2) is 5.72 Å². The summed E-state index contributed by atoms with van der Waals surface area (Å²) in [6, 6.07) is 7.46. The number of aryl methyl sites for hydroxylation is 1. The van der Waals surface area contributed by atoms with Crippen LogP contribution < -0.4 is 20.7 Å². The van der Waals surface area contributed by atoms with E-state index >= 15 is 0 Å². The van der Waals surface area contributed by atoms with Crippen LogP contribution in [0.2, 0.25) is 5.02 Å². The average molecular weight is 797 g/mol. The van der Waals surface area contributed by atoms with Crippen molar-refractivity contribution in [1.82, 2.24) is 10.2 Å². The van der Waals surface area contributed by atoms with E-state index in [2.05, 4.69) is 5.32 Å². The van der Waals surface area contributed by atoms with Gasteiger partial charge in [-0.2, -0.15) is 0 Å². The minimum Gasteiger partial charge on any atom is -0.495 e. The highest BCUT2D eigenvalue weighted by Crippen LogP contribution is 2.44. The maximum absolute atomic E-state index is 14.3.